The lowest BCUT2D eigenvalue weighted by molar-refractivity contribution is -0.540. The number of rotatable bonds is 13. The van der Waals surface area contributed by atoms with E-state index in [0.717, 1.165) is 30.4 Å². The first-order valence-electron chi connectivity index (χ1n) is 16.7. The van der Waals surface area contributed by atoms with Crippen molar-refractivity contribution in [1.29, 1.82) is 0 Å². The number of nitrogens with two attached hydrogens (primary N) is 1. The van der Waals surface area contributed by atoms with Gasteiger partial charge in [-0.25, -0.2) is 0 Å². The second-order valence-corrected chi connectivity index (χ2v) is 13.0. The zero-order chi connectivity index (χ0) is 33.3. The molecule has 47 heavy (non-hydrogen) atoms. The molecule has 0 amide bonds. The van der Waals surface area contributed by atoms with Gasteiger partial charge in [0.2, 0.25) is 0 Å². The van der Waals surface area contributed by atoms with E-state index >= 15 is 0 Å². The number of fused-ring (bicyclic) bond motifs is 1. The molecule has 2 N–H and O–H groups in total. The van der Waals surface area contributed by atoms with Crippen molar-refractivity contribution in [1.82, 2.24) is 0 Å². The van der Waals surface area contributed by atoms with Crippen LogP contribution in [0.15, 0.2) is 158 Å². The minimum Gasteiger partial charge on any atom is -0.347 e. The van der Waals surface area contributed by atoms with Gasteiger partial charge in [0.25, 0.3) is 0 Å². The van der Waals surface area contributed by atoms with E-state index in [4.69, 9.17) is 0 Å². The average Bonchev–Trinajstić information content (AvgIpc) is 3.31. The van der Waals surface area contributed by atoms with Crippen LogP contribution in [0.25, 0.3) is 12.2 Å². The zero-order valence-corrected chi connectivity index (χ0v) is 28.5. The molecule has 4 aromatic carbocycles. The smallest absolute Gasteiger partial charge is 0.133 e. The van der Waals surface area contributed by atoms with Gasteiger partial charge in [0.15, 0.2) is 0 Å². The highest BCUT2D eigenvalue weighted by atomic mass is 15.2. The summed E-state index contributed by atoms with van der Waals surface area (Å²) >= 11 is 0. The normalized spacial score (nSPS) is 18.3. The van der Waals surface area contributed by atoms with Crippen LogP contribution >= 0.6 is 0 Å². The van der Waals surface area contributed by atoms with Crippen LogP contribution in [0.2, 0.25) is 0 Å². The second kappa shape index (κ2) is 15.1. The van der Waals surface area contributed by atoms with E-state index in [1.807, 2.05) is 12.2 Å². The largest absolute Gasteiger partial charge is 0.347 e. The fraction of sp³-hybridized carbons (Fsp3) is 0.200. The van der Waals surface area contributed by atoms with Gasteiger partial charge in [-0.05, 0) is 72.2 Å². The fourth-order valence-electron chi connectivity index (χ4n) is 7.08. The Morgan fingerprint density at radius 2 is 1.34 bits per heavy atom. The van der Waals surface area contributed by atoms with Crippen LogP contribution in [0.1, 0.15) is 53.6 Å². The third-order valence-electron chi connectivity index (χ3n) is 9.69. The number of likely N-dealkylation sites (N-methyl/N-ethyl adjacent to an activating group) is 1. The molecule has 1 heterocycles. The standard InChI is InChI=1S/C45H48N2/c1-7-35-24-28-37(29-25-35)33-44(3,39-19-14-16-21-41(39)46-5)32-18-12-10-9-11-13-23-43-45(4,34-38-30-26-36(8-2)27-31-38)40-20-15-17-22-42(40)47(43)6/h7-31,46H,1-2,32-34H2,3-6H3/p+1/b10-9+,13-11+,18-12+,43-23+. The molecule has 238 valence electrons. The van der Waals surface area contributed by atoms with E-state index in [0.29, 0.717) is 0 Å². The van der Waals surface area contributed by atoms with Gasteiger partial charge in [0, 0.05) is 34.8 Å². The predicted octanol–water partition coefficient (Wildman–Crippen LogP) is 9.89. The van der Waals surface area contributed by atoms with Crippen molar-refractivity contribution in [3.05, 3.63) is 192 Å². The Labute approximate surface area is 282 Å². The number of quaternary nitrogens is 1. The number of benzene rings is 4. The van der Waals surface area contributed by atoms with Crippen LogP contribution in [0.3, 0.4) is 0 Å². The quantitative estimate of drug-likeness (QED) is 0.117. The lowest BCUT2D eigenvalue weighted by Gasteiger charge is -2.30. The molecule has 2 unspecified atom stereocenters. The van der Waals surface area contributed by atoms with Crippen molar-refractivity contribution < 1.29 is 5.32 Å². The number of hydrogen-bond donors (Lipinski definition) is 1. The molecule has 0 fully saturated rings. The molecule has 0 radical (unpaired) electrons. The van der Waals surface area contributed by atoms with E-state index in [2.05, 4.69) is 191 Å². The maximum atomic E-state index is 3.91. The van der Waals surface area contributed by atoms with Crippen LogP contribution in [-0.2, 0) is 23.7 Å². The molecule has 1 aliphatic heterocycles. The van der Waals surface area contributed by atoms with Crippen molar-refractivity contribution in [2.75, 3.05) is 19.0 Å². The predicted molar refractivity (Wildman–Crippen MR) is 204 cm³/mol. The van der Waals surface area contributed by atoms with Gasteiger partial charge >= 0.3 is 0 Å². The van der Waals surface area contributed by atoms with Crippen molar-refractivity contribution in [3.63, 3.8) is 0 Å². The third-order valence-corrected chi connectivity index (χ3v) is 9.69. The molecule has 0 spiro atoms. The minimum absolute atomic E-state index is 0.0398. The second-order valence-electron chi connectivity index (χ2n) is 13.0. The highest BCUT2D eigenvalue weighted by molar-refractivity contribution is 5.71. The molecule has 5 rings (SSSR count). The van der Waals surface area contributed by atoms with Crippen LogP contribution in [0, 0.1) is 0 Å². The monoisotopic (exact) mass is 617 g/mol. The molecule has 1 aliphatic rings. The Balaban J connectivity index is 1.31. The van der Waals surface area contributed by atoms with Gasteiger partial charge in [-0.15, -0.1) is 0 Å². The van der Waals surface area contributed by atoms with Gasteiger partial charge in [0.05, 0.1) is 7.05 Å². The van der Waals surface area contributed by atoms with Gasteiger partial charge in [-0.2, -0.15) is 0 Å². The van der Waals surface area contributed by atoms with Gasteiger partial charge in [0.1, 0.15) is 5.69 Å². The Kier molecular flexibility index (Phi) is 10.8. The Morgan fingerprint density at radius 1 is 0.745 bits per heavy atom. The molecule has 0 saturated heterocycles. The van der Waals surface area contributed by atoms with Gasteiger partial charge in [-0.3, -0.25) is 0 Å². The van der Waals surface area contributed by atoms with Crippen LogP contribution in [0.5, 0.6) is 0 Å². The van der Waals surface area contributed by atoms with E-state index in [1.54, 1.807) is 0 Å². The Morgan fingerprint density at radius 3 is 2.02 bits per heavy atom. The molecule has 0 saturated carbocycles. The SMILES string of the molecule is C=Cc1ccc(CC(C)(C/C=C/C=C/C=C/C=C2/N(C)c3ccccc3C2(C)Cc2ccc(C=C)cc2)c2ccccc2[NH2+]C)cc1. The van der Waals surface area contributed by atoms with E-state index in [-0.39, 0.29) is 10.8 Å². The molecule has 0 aromatic heterocycles. The van der Waals surface area contributed by atoms with Crippen molar-refractivity contribution >= 4 is 23.5 Å². The summed E-state index contributed by atoms with van der Waals surface area (Å²) in [4.78, 5) is 2.35. The van der Waals surface area contributed by atoms with E-state index < -0.39 is 0 Å². The molecule has 2 nitrogen and oxygen atoms in total. The summed E-state index contributed by atoms with van der Waals surface area (Å²) in [6.45, 7) is 12.6. The summed E-state index contributed by atoms with van der Waals surface area (Å²) in [7, 11) is 4.31. The highest BCUT2D eigenvalue weighted by Crippen LogP contribution is 2.48. The van der Waals surface area contributed by atoms with Crippen LogP contribution < -0.4 is 10.2 Å². The zero-order valence-electron chi connectivity index (χ0n) is 28.5. The summed E-state index contributed by atoms with van der Waals surface area (Å²) in [5.41, 5.74) is 11.4. The first kappa shape index (κ1) is 33.4. The maximum Gasteiger partial charge on any atom is 0.133 e. The number of allylic oxidation sites excluding steroid dienone is 8. The number of para-hydroxylation sites is 2. The summed E-state index contributed by atoms with van der Waals surface area (Å²) in [6.07, 6.45) is 22.0. The van der Waals surface area contributed by atoms with E-state index in [1.165, 1.54) is 39.3 Å². The lowest BCUT2D eigenvalue weighted by Crippen LogP contribution is -2.73. The van der Waals surface area contributed by atoms with Crippen molar-refractivity contribution in [2.45, 2.75) is 43.9 Å². The summed E-state index contributed by atoms with van der Waals surface area (Å²) in [6, 6.07) is 35.1. The molecule has 0 aliphatic carbocycles. The third kappa shape index (κ3) is 7.56. The number of hydrogen-bond acceptors (Lipinski definition) is 1. The van der Waals surface area contributed by atoms with Crippen LogP contribution in [-0.4, -0.2) is 14.1 Å². The Bertz CT molecular complexity index is 1800. The topological polar surface area (TPSA) is 19.9 Å². The van der Waals surface area contributed by atoms with Gasteiger partial charge in [-0.1, -0.05) is 154 Å². The molecular weight excluding hydrogens is 569 g/mol. The average molecular weight is 618 g/mol. The fourth-order valence-corrected chi connectivity index (χ4v) is 7.08. The summed E-state index contributed by atoms with van der Waals surface area (Å²) < 4.78 is 0. The molecule has 0 bridgehead atoms. The summed E-state index contributed by atoms with van der Waals surface area (Å²) in [5.74, 6) is 0. The van der Waals surface area contributed by atoms with E-state index in [9.17, 15) is 0 Å². The molecular formula is C45H49N2+. The number of nitrogens with zero attached hydrogens (tertiary/aromatic N) is 1. The summed E-state index contributed by atoms with van der Waals surface area (Å²) in [5, 5.41) is 2.22. The van der Waals surface area contributed by atoms with Crippen molar-refractivity contribution in [3.8, 4) is 0 Å². The lowest BCUT2D eigenvalue weighted by atomic mass is 9.74. The van der Waals surface area contributed by atoms with Crippen molar-refractivity contribution in [2.24, 2.45) is 0 Å². The first-order chi connectivity index (χ1) is 22.8. The molecule has 2 atom stereocenters. The maximum absolute atomic E-state index is 3.91. The first-order valence-corrected chi connectivity index (χ1v) is 16.7. The number of anilines is 1. The Hall–Kier alpha value is -4.92. The highest BCUT2D eigenvalue weighted by Gasteiger charge is 2.41. The minimum atomic E-state index is -0.127. The molecule has 4 aromatic rings. The van der Waals surface area contributed by atoms with Crippen LogP contribution in [0.4, 0.5) is 11.4 Å². The molecule has 2 heteroatoms. The van der Waals surface area contributed by atoms with Gasteiger partial charge < -0.3 is 10.2 Å².